The van der Waals surface area contributed by atoms with Crippen LogP contribution in [0.3, 0.4) is 0 Å². The monoisotopic (exact) mass is 435 g/mol. The van der Waals surface area contributed by atoms with Gasteiger partial charge in [0.2, 0.25) is 0 Å². The van der Waals surface area contributed by atoms with E-state index in [0.717, 1.165) is 8.04 Å². The molecule has 0 radical (unpaired) electrons. The van der Waals surface area contributed by atoms with Gasteiger partial charge in [0.25, 0.3) is 5.91 Å². The van der Waals surface area contributed by atoms with Crippen molar-refractivity contribution in [2.45, 2.75) is 0 Å². The minimum atomic E-state index is -0.156. The smallest absolute Gasteiger partial charge is 0.255 e. The van der Waals surface area contributed by atoms with Gasteiger partial charge in [0.05, 0.1) is 5.69 Å². The number of rotatable bonds is 2. The second-order valence-corrected chi connectivity index (χ2v) is 6.13. The minimum Gasteiger partial charge on any atom is -0.321 e. The number of halogens is 3. The quantitative estimate of drug-likeness (QED) is 0.663. The summed E-state index contributed by atoms with van der Waals surface area (Å²) in [5, 5.41) is 3.40. The molecule has 0 saturated carbocycles. The number of hydrogen-bond donors (Lipinski definition) is 1. The van der Waals surface area contributed by atoms with E-state index in [4.69, 9.17) is 11.6 Å². The summed E-state index contributed by atoms with van der Waals surface area (Å²) in [5.41, 5.74) is 1.28. The van der Waals surface area contributed by atoms with Gasteiger partial charge in [-0.1, -0.05) is 17.7 Å². The van der Waals surface area contributed by atoms with Gasteiger partial charge in [-0.2, -0.15) is 0 Å². The molecule has 0 aliphatic heterocycles. The van der Waals surface area contributed by atoms with Crippen molar-refractivity contribution in [1.82, 2.24) is 0 Å². The zero-order chi connectivity index (χ0) is 13.1. The molecule has 0 fully saturated rings. The highest BCUT2D eigenvalue weighted by molar-refractivity contribution is 14.1. The van der Waals surface area contributed by atoms with E-state index in [1.807, 2.05) is 18.2 Å². The molecule has 0 aromatic heterocycles. The van der Waals surface area contributed by atoms with Gasteiger partial charge in [0.1, 0.15) is 0 Å². The predicted octanol–water partition coefficient (Wildman–Crippen LogP) is 4.96. The second-order valence-electron chi connectivity index (χ2n) is 3.59. The lowest BCUT2D eigenvalue weighted by molar-refractivity contribution is 0.102. The molecule has 0 atom stereocenters. The fourth-order valence-corrected chi connectivity index (χ4v) is 2.48. The van der Waals surface area contributed by atoms with Crippen molar-refractivity contribution in [3.63, 3.8) is 0 Å². The Balaban J connectivity index is 2.24. The molecule has 0 bridgehead atoms. The van der Waals surface area contributed by atoms with E-state index in [2.05, 4.69) is 43.8 Å². The third-order valence-electron chi connectivity index (χ3n) is 2.26. The first kappa shape index (κ1) is 13.8. The summed E-state index contributed by atoms with van der Waals surface area (Å²) >= 11 is 11.4. The Morgan fingerprint density at radius 1 is 1.22 bits per heavy atom. The maximum atomic E-state index is 12.1. The molecule has 1 N–H and O–H groups in total. The van der Waals surface area contributed by atoms with Crippen LogP contribution in [0.4, 0.5) is 5.69 Å². The summed E-state index contributed by atoms with van der Waals surface area (Å²) in [5.74, 6) is -0.156. The van der Waals surface area contributed by atoms with Crippen molar-refractivity contribution in [2.24, 2.45) is 0 Å². The number of hydrogen-bond acceptors (Lipinski definition) is 1. The Hall–Kier alpha value is -0.590. The summed E-state index contributed by atoms with van der Waals surface area (Å²) in [6, 6.07) is 12.7. The van der Waals surface area contributed by atoms with E-state index in [1.165, 1.54) is 0 Å². The first-order valence-corrected chi connectivity index (χ1v) is 7.33. The van der Waals surface area contributed by atoms with E-state index >= 15 is 0 Å². The SMILES string of the molecule is O=C(Nc1cc(Cl)ccc1Br)c1cccc(I)c1. The van der Waals surface area contributed by atoms with Gasteiger partial charge in [-0.3, -0.25) is 4.79 Å². The molecule has 18 heavy (non-hydrogen) atoms. The van der Waals surface area contributed by atoms with Crippen LogP contribution in [-0.4, -0.2) is 5.91 Å². The first-order valence-electron chi connectivity index (χ1n) is 5.08. The molecule has 0 spiro atoms. The summed E-state index contributed by atoms with van der Waals surface area (Å²) in [6.07, 6.45) is 0. The van der Waals surface area contributed by atoms with Crippen LogP contribution in [0.15, 0.2) is 46.9 Å². The molecule has 2 aromatic rings. The van der Waals surface area contributed by atoms with Crippen LogP contribution in [0, 0.1) is 3.57 Å². The van der Waals surface area contributed by atoms with Crippen molar-refractivity contribution in [3.05, 3.63) is 61.1 Å². The summed E-state index contributed by atoms with van der Waals surface area (Å²) in [6.45, 7) is 0. The predicted molar refractivity (Wildman–Crippen MR) is 86.3 cm³/mol. The third kappa shape index (κ3) is 3.46. The van der Waals surface area contributed by atoms with Crippen LogP contribution in [0.2, 0.25) is 5.02 Å². The lowest BCUT2D eigenvalue weighted by Crippen LogP contribution is -2.12. The Kier molecular flexibility index (Phi) is 4.64. The van der Waals surface area contributed by atoms with E-state index in [9.17, 15) is 4.79 Å². The maximum Gasteiger partial charge on any atom is 0.255 e. The van der Waals surface area contributed by atoms with Crippen LogP contribution < -0.4 is 5.32 Å². The number of nitrogens with one attached hydrogen (secondary N) is 1. The van der Waals surface area contributed by atoms with E-state index in [1.54, 1.807) is 24.3 Å². The van der Waals surface area contributed by atoms with Crippen molar-refractivity contribution >= 4 is 61.7 Å². The van der Waals surface area contributed by atoms with Gasteiger partial charge < -0.3 is 5.32 Å². The highest BCUT2D eigenvalue weighted by atomic mass is 127. The van der Waals surface area contributed by atoms with Gasteiger partial charge in [0, 0.05) is 18.6 Å². The molecule has 0 aliphatic rings. The molecule has 2 rings (SSSR count). The average Bonchev–Trinajstić information content (AvgIpc) is 2.34. The van der Waals surface area contributed by atoms with E-state index in [-0.39, 0.29) is 5.91 Å². The average molecular weight is 436 g/mol. The zero-order valence-electron chi connectivity index (χ0n) is 9.08. The maximum absolute atomic E-state index is 12.1. The first-order chi connectivity index (χ1) is 8.56. The minimum absolute atomic E-state index is 0.156. The van der Waals surface area contributed by atoms with Gasteiger partial charge in [-0.15, -0.1) is 0 Å². The molecule has 0 unspecified atom stereocenters. The second kappa shape index (κ2) is 6.04. The van der Waals surface area contributed by atoms with Gasteiger partial charge in [0.15, 0.2) is 0 Å². The highest BCUT2D eigenvalue weighted by Gasteiger charge is 2.08. The van der Waals surface area contributed by atoms with Crippen LogP contribution in [0.1, 0.15) is 10.4 Å². The van der Waals surface area contributed by atoms with Crippen molar-refractivity contribution in [2.75, 3.05) is 5.32 Å². The largest absolute Gasteiger partial charge is 0.321 e. The highest BCUT2D eigenvalue weighted by Crippen LogP contribution is 2.26. The summed E-state index contributed by atoms with van der Waals surface area (Å²) in [7, 11) is 0. The number of amides is 1. The molecular weight excluding hydrogens is 428 g/mol. The Labute approximate surface area is 132 Å². The topological polar surface area (TPSA) is 29.1 Å². The molecular formula is C13H8BrClINO. The summed E-state index contributed by atoms with van der Waals surface area (Å²) < 4.78 is 1.82. The Morgan fingerprint density at radius 2 is 2.00 bits per heavy atom. The molecule has 0 heterocycles. The normalized spacial score (nSPS) is 10.2. The molecule has 92 valence electrons. The zero-order valence-corrected chi connectivity index (χ0v) is 13.6. The molecule has 0 aliphatic carbocycles. The molecule has 0 saturated heterocycles. The van der Waals surface area contributed by atoms with E-state index < -0.39 is 0 Å². The Bertz CT molecular complexity index is 603. The van der Waals surface area contributed by atoms with Crippen LogP contribution >= 0.6 is 50.1 Å². The van der Waals surface area contributed by atoms with Gasteiger partial charge in [-0.25, -0.2) is 0 Å². The lowest BCUT2D eigenvalue weighted by Gasteiger charge is -2.08. The van der Waals surface area contributed by atoms with Crippen molar-refractivity contribution in [1.29, 1.82) is 0 Å². The van der Waals surface area contributed by atoms with Crippen molar-refractivity contribution < 1.29 is 4.79 Å². The van der Waals surface area contributed by atoms with Crippen molar-refractivity contribution in [3.8, 4) is 0 Å². The van der Waals surface area contributed by atoms with Crippen LogP contribution in [-0.2, 0) is 0 Å². The fraction of sp³-hybridized carbons (Fsp3) is 0. The molecule has 2 aromatic carbocycles. The number of benzene rings is 2. The Morgan fingerprint density at radius 3 is 2.72 bits per heavy atom. The van der Waals surface area contributed by atoms with Gasteiger partial charge >= 0.3 is 0 Å². The van der Waals surface area contributed by atoms with Gasteiger partial charge in [-0.05, 0) is 74.9 Å². The molecule has 1 amide bonds. The number of carbonyl (C=O) groups excluding carboxylic acids is 1. The molecule has 2 nitrogen and oxygen atoms in total. The fourth-order valence-electron chi connectivity index (χ4n) is 1.42. The number of carbonyl (C=O) groups is 1. The molecule has 5 heteroatoms. The standard InChI is InChI=1S/C13H8BrClINO/c14-11-5-4-9(15)7-12(11)17-13(18)8-2-1-3-10(16)6-8/h1-7H,(H,17,18). The summed E-state index contributed by atoms with van der Waals surface area (Å²) in [4.78, 5) is 12.1. The van der Waals surface area contributed by atoms with E-state index in [0.29, 0.717) is 16.3 Å². The lowest BCUT2D eigenvalue weighted by atomic mass is 10.2. The number of anilines is 1. The van der Waals surface area contributed by atoms with Crippen LogP contribution in [0.5, 0.6) is 0 Å². The van der Waals surface area contributed by atoms with Crippen LogP contribution in [0.25, 0.3) is 0 Å². The third-order valence-corrected chi connectivity index (χ3v) is 3.86.